The van der Waals surface area contributed by atoms with Gasteiger partial charge in [0.15, 0.2) is 0 Å². The van der Waals surface area contributed by atoms with Gasteiger partial charge in [0.25, 0.3) is 0 Å². The van der Waals surface area contributed by atoms with E-state index in [1.165, 1.54) is 29.5 Å². The average Bonchev–Trinajstić information content (AvgIpc) is 3.58. The van der Waals surface area contributed by atoms with Crippen LogP contribution in [-0.4, -0.2) is 48.3 Å². The van der Waals surface area contributed by atoms with Crippen molar-refractivity contribution in [2.75, 3.05) is 19.8 Å². The molecule has 2 aromatic rings. The summed E-state index contributed by atoms with van der Waals surface area (Å²) in [5, 5.41) is 19.6. The highest BCUT2D eigenvalue weighted by Crippen LogP contribution is 2.33. The first-order chi connectivity index (χ1) is 14.6. The Morgan fingerprint density at radius 1 is 1.03 bits per heavy atom. The third-order valence-electron chi connectivity index (χ3n) is 5.87. The molecule has 2 N–H and O–H groups in total. The summed E-state index contributed by atoms with van der Waals surface area (Å²) in [7, 11) is 0. The molecule has 5 nitrogen and oxygen atoms in total. The molecule has 0 bridgehead atoms. The van der Waals surface area contributed by atoms with Crippen LogP contribution in [0.3, 0.4) is 0 Å². The first-order valence-electron chi connectivity index (χ1n) is 11.0. The Morgan fingerprint density at radius 3 is 2.57 bits per heavy atom. The minimum absolute atomic E-state index is 0.0621. The van der Waals surface area contributed by atoms with Gasteiger partial charge in [-0.15, -0.1) is 0 Å². The van der Waals surface area contributed by atoms with E-state index in [-0.39, 0.29) is 18.8 Å². The first-order valence-corrected chi connectivity index (χ1v) is 11.0. The van der Waals surface area contributed by atoms with Crippen molar-refractivity contribution in [2.24, 2.45) is 0 Å². The molecule has 1 saturated heterocycles. The number of aliphatic hydroxyl groups is 2. The van der Waals surface area contributed by atoms with Crippen LogP contribution in [0.5, 0.6) is 5.75 Å². The van der Waals surface area contributed by atoms with Gasteiger partial charge in [-0.3, -0.25) is 0 Å². The van der Waals surface area contributed by atoms with Gasteiger partial charge in [-0.1, -0.05) is 30.3 Å². The number of aliphatic hydroxyl groups excluding tert-OH is 2. The fraction of sp³-hybridized carbons (Fsp3) is 0.520. The van der Waals surface area contributed by atoms with Crippen LogP contribution in [0.15, 0.2) is 42.5 Å². The third kappa shape index (κ3) is 5.82. The average molecular weight is 413 g/mol. The van der Waals surface area contributed by atoms with Gasteiger partial charge in [-0.25, -0.2) is 0 Å². The highest BCUT2D eigenvalue weighted by molar-refractivity contribution is 5.38. The molecule has 1 unspecified atom stereocenters. The second kappa shape index (κ2) is 9.92. The van der Waals surface area contributed by atoms with E-state index in [0.29, 0.717) is 32.2 Å². The molecule has 0 aromatic heterocycles. The zero-order valence-corrected chi connectivity index (χ0v) is 17.6. The van der Waals surface area contributed by atoms with E-state index in [0.717, 1.165) is 17.7 Å². The Labute approximate surface area is 178 Å². The molecule has 0 spiro atoms. The van der Waals surface area contributed by atoms with E-state index >= 15 is 0 Å². The minimum atomic E-state index is -0.437. The van der Waals surface area contributed by atoms with Crippen LogP contribution in [0.4, 0.5) is 0 Å². The van der Waals surface area contributed by atoms with Crippen molar-refractivity contribution < 1.29 is 24.4 Å². The number of hydrogen-bond acceptors (Lipinski definition) is 5. The minimum Gasteiger partial charge on any atom is -0.491 e. The van der Waals surface area contributed by atoms with E-state index in [2.05, 4.69) is 37.3 Å². The number of ether oxygens (including phenoxy) is 3. The van der Waals surface area contributed by atoms with Gasteiger partial charge >= 0.3 is 0 Å². The molecular weight excluding hydrogens is 380 g/mol. The van der Waals surface area contributed by atoms with E-state index in [1.807, 2.05) is 12.1 Å². The summed E-state index contributed by atoms with van der Waals surface area (Å²) in [4.78, 5) is 0. The van der Waals surface area contributed by atoms with Crippen LogP contribution in [0.2, 0.25) is 0 Å². The van der Waals surface area contributed by atoms with Crippen molar-refractivity contribution in [3.8, 4) is 5.75 Å². The molecule has 1 heterocycles. The van der Waals surface area contributed by atoms with Gasteiger partial charge in [0, 0.05) is 12.8 Å². The van der Waals surface area contributed by atoms with Gasteiger partial charge < -0.3 is 24.4 Å². The van der Waals surface area contributed by atoms with Crippen LogP contribution < -0.4 is 4.74 Å². The number of benzene rings is 2. The predicted octanol–water partition coefficient (Wildman–Crippen LogP) is 3.72. The second-order valence-corrected chi connectivity index (χ2v) is 8.48. The monoisotopic (exact) mass is 412 g/mol. The lowest BCUT2D eigenvalue weighted by atomic mass is 9.92. The normalized spacial score (nSPS) is 24.0. The van der Waals surface area contributed by atoms with Crippen molar-refractivity contribution in [1.82, 2.24) is 0 Å². The molecule has 4 rings (SSSR count). The highest BCUT2D eigenvalue weighted by atomic mass is 16.5. The molecule has 2 aromatic carbocycles. The quantitative estimate of drug-likeness (QED) is 0.615. The van der Waals surface area contributed by atoms with Crippen molar-refractivity contribution in [2.45, 2.75) is 63.4 Å². The van der Waals surface area contributed by atoms with Crippen molar-refractivity contribution >= 4 is 0 Å². The molecule has 1 aliphatic carbocycles. The maximum Gasteiger partial charge on any atom is 0.119 e. The Kier molecular flexibility index (Phi) is 7.05. The molecule has 0 radical (unpaired) electrons. The summed E-state index contributed by atoms with van der Waals surface area (Å²) in [6, 6.07) is 14.6. The number of rotatable bonds is 9. The van der Waals surface area contributed by atoms with Gasteiger partial charge in [-0.2, -0.15) is 0 Å². The molecule has 5 heteroatoms. The Bertz CT molecular complexity index is 815. The van der Waals surface area contributed by atoms with Crippen LogP contribution in [0, 0.1) is 6.92 Å². The standard InChI is InChI=1S/C25H32O5/c1-17-2-5-19(25-15-21(27)14-24(16-26)30-25)13-20(17)12-18-3-6-22(7-4-18)28-10-11-29-23-8-9-23/h2-7,13,21,23-27H,8-12,14-16H2,1H3/t21-,24?,25+/m0/s1. The lowest BCUT2D eigenvalue weighted by molar-refractivity contribution is -0.113. The Morgan fingerprint density at radius 2 is 1.83 bits per heavy atom. The van der Waals surface area contributed by atoms with Gasteiger partial charge in [0.05, 0.1) is 37.6 Å². The summed E-state index contributed by atoms with van der Waals surface area (Å²) >= 11 is 0. The molecule has 1 saturated carbocycles. The van der Waals surface area contributed by atoms with E-state index in [9.17, 15) is 10.2 Å². The van der Waals surface area contributed by atoms with Crippen LogP contribution in [0.1, 0.15) is 54.0 Å². The smallest absolute Gasteiger partial charge is 0.119 e. The maximum absolute atomic E-state index is 10.1. The summed E-state index contributed by atoms with van der Waals surface area (Å²) < 4.78 is 17.3. The third-order valence-corrected chi connectivity index (χ3v) is 5.87. The van der Waals surface area contributed by atoms with Gasteiger partial charge in [0.2, 0.25) is 0 Å². The molecule has 162 valence electrons. The van der Waals surface area contributed by atoms with Gasteiger partial charge in [-0.05, 0) is 60.6 Å². The summed E-state index contributed by atoms with van der Waals surface area (Å²) in [5.41, 5.74) is 4.74. The van der Waals surface area contributed by atoms with E-state index in [1.54, 1.807) is 0 Å². The van der Waals surface area contributed by atoms with Crippen LogP contribution in [-0.2, 0) is 15.9 Å². The SMILES string of the molecule is Cc1ccc([C@H]2C[C@@H](O)CC(CO)O2)cc1Cc1ccc(OCCOC2CC2)cc1. The van der Waals surface area contributed by atoms with Crippen LogP contribution >= 0.6 is 0 Å². The van der Waals surface area contributed by atoms with Crippen molar-refractivity contribution in [3.05, 3.63) is 64.7 Å². The van der Waals surface area contributed by atoms with Crippen LogP contribution in [0.25, 0.3) is 0 Å². The van der Waals surface area contributed by atoms with E-state index in [4.69, 9.17) is 14.2 Å². The van der Waals surface area contributed by atoms with Crippen molar-refractivity contribution in [1.29, 1.82) is 0 Å². The maximum atomic E-state index is 10.1. The Hall–Kier alpha value is -1.92. The largest absolute Gasteiger partial charge is 0.491 e. The zero-order valence-electron chi connectivity index (χ0n) is 17.6. The molecule has 2 fully saturated rings. The fourth-order valence-corrected chi connectivity index (χ4v) is 3.94. The summed E-state index contributed by atoms with van der Waals surface area (Å²) in [5.74, 6) is 0.864. The van der Waals surface area contributed by atoms with Crippen molar-refractivity contribution in [3.63, 3.8) is 0 Å². The first kappa shape index (κ1) is 21.3. The molecular formula is C25H32O5. The molecule has 3 atom stereocenters. The molecule has 30 heavy (non-hydrogen) atoms. The predicted molar refractivity (Wildman–Crippen MR) is 115 cm³/mol. The number of aryl methyl sites for hydroxylation is 1. The number of hydrogen-bond donors (Lipinski definition) is 2. The highest BCUT2D eigenvalue weighted by Gasteiger charge is 2.29. The fourth-order valence-electron chi connectivity index (χ4n) is 3.94. The summed E-state index contributed by atoms with van der Waals surface area (Å²) in [6.07, 6.45) is 3.80. The lowest BCUT2D eigenvalue weighted by Gasteiger charge is -2.32. The zero-order chi connectivity index (χ0) is 20.9. The Balaban J connectivity index is 1.37. The van der Waals surface area contributed by atoms with Gasteiger partial charge in [0.1, 0.15) is 12.4 Å². The summed E-state index contributed by atoms with van der Waals surface area (Å²) in [6.45, 7) is 3.28. The second-order valence-electron chi connectivity index (χ2n) is 8.48. The molecule has 0 amide bonds. The topological polar surface area (TPSA) is 68.2 Å². The van der Waals surface area contributed by atoms with E-state index < -0.39 is 6.10 Å². The lowest BCUT2D eigenvalue weighted by Crippen LogP contribution is -2.33. The molecule has 2 aliphatic rings. The molecule has 1 aliphatic heterocycles.